The largest absolute Gasteiger partial charge is 0.399 e. The maximum atomic E-state index is 13.1. The van der Waals surface area contributed by atoms with Crippen LogP contribution in [-0.2, 0) is 16.0 Å². The minimum Gasteiger partial charge on any atom is -0.399 e. The van der Waals surface area contributed by atoms with E-state index < -0.39 is 23.7 Å². The summed E-state index contributed by atoms with van der Waals surface area (Å²) >= 11 is 0. The van der Waals surface area contributed by atoms with Crippen LogP contribution in [0.3, 0.4) is 0 Å². The smallest absolute Gasteiger partial charge is 0.251 e. The van der Waals surface area contributed by atoms with Gasteiger partial charge in [0.25, 0.3) is 5.91 Å². The number of rotatable bonds is 11. The molecule has 0 radical (unpaired) electrons. The summed E-state index contributed by atoms with van der Waals surface area (Å²) in [7, 11) is 0. The van der Waals surface area contributed by atoms with Gasteiger partial charge >= 0.3 is 0 Å². The molecule has 3 amide bonds. The Morgan fingerprint density at radius 3 is 2.13 bits per heavy atom. The van der Waals surface area contributed by atoms with Gasteiger partial charge in [-0.15, -0.1) is 0 Å². The third-order valence-electron chi connectivity index (χ3n) is 5.81. The molecular weight excluding hydrogens is 503 g/mol. The first-order valence-corrected chi connectivity index (χ1v) is 12.1. The Morgan fingerprint density at radius 1 is 0.974 bits per heavy atom. The fourth-order valence-electron chi connectivity index (χ4n) is 3.83. The molecule has 0 aromatic heterocycles. The van der Waals surface area contributed by atoms with Crippen LogP contribution >= 0.6 is 0 Å². The second-order valence-electron chi connectivity index (χ2n) is 8.89. The number of carbonyl (C=O) groups is 3. The van der Waals surface area contributed by atoms with Crippen molar-refractivity contribution in [3.63, 3.8) is 0 Å². The van der Waals surface area contributed by atoms with Gasteiger partial charge in [-0.3, -0.25) is 19.6 Å². The van der Waals surface area contributed by atoms with Crippen LogP contribution in [0.25, 0.3) is 11.1 Å². The molecule has 0 saturated heterocycles. The van der Waals surface area contributed by atoms with Crippen molar-refractivity contribution in [2.24, 2.45) is 11.6 Å². The number of carbonyl (C=O) groups excluding carboxylic acids is 3. The molecule has 3 rings (SSSR count). The average molecular weight is 535 g/mol. The standard InChI is InChI=1S/C28H31FN6O4/c1-18(36)33-25-12-8-21(9-13-25)20-4-2-19(3-5-20)14-26(15-27(37)34-39)35(31)17-24(30)16-32-28(38)22-6-10-23(29)11-7-22/h2-13,17,26,39H,14-16,30-31H2,1H3,(H,32,38)(H,33,36)(H,34,37)/b24-17-. The SMILES string of the molecule is CC(=O)Nc1ccc(-c2ccc(CC(CC(=O)NO)N(N)/C=C(\N)CNC(=O)c3ccc(F)cc3)cc2)cc1. The van der Waals surface area contributed by atoms with Gasteiger partial charge in [-0.25, -0.2) is 15.7 Å². The third kappa shape index (κ3) is 8.95. The van der Waals surface area contributed by atoms with Crippen LogP contribution in [0.4, 0.5) is 10.1 Å². The quantitative estimate of drug-likeness (QED) is 0.125. The minimum atomic E-state index is -0.622. The number of halogens is 1. The Balaban J connectivity index is 1.65. The molecule has 0 bridgehead atoms. The van der Waals surface area contributed by atoms with Crippen molar-refractivity contribution in [2.75, 3.05) is 11.9 Å². The van der Waals surface area contributed by atoms with Gasteiger partial charge in [0.1, 0.15) is 5.82 Å². The van der Waals surface area contributed by atoms with E-state index >= 15 is 0 Å². The Labute approximate surface area is 225 Å². The van der Waals surface area contributed by atoms with Gasteiger partial charge in [-0.1, -0.05) is 36.4 Å². The van der Waals surface area contributed by atoms with E-state index in [2.05, 4.69) is 10.6 Å². The summed E-state index contributed by atoms with van der Waals surface area (Å²) in [6.07, 6.45) is 1.65. The molecule has 39 heavy (non-hydrogen) atoms. The lowest BCUT2D eigenvalue weighted by Crippen LogP contribution is -2.42. The van der Waals surface area contributed by atoms with E-state index in [1.807, 2.05) is 48.5 Å². The van der Waals surface area contributed by atoms with Gasteiger partial charge < -0.3 is 21.4 Å². The summed E-state index contributed by atoms with van der Waals surface area (Å²) in [4.78, 5) is 35.4. The molecule has 204 valence electrons. The maximum Gasteiger partial charge on any atom is 0.251 e. The molecule has 1 atom stereocenters. The highest BCUT2D eigenvalue weighted by atomic mass is 19.1. The number of benzene rings is 3. The number of anilines is 1. The van der Waals surface area contributed by atoms with Crippen molar-refractivity contribution < 1.29 is 24.0 Å². The number of nitrogens with one attached hydrogen (secondary N) is 3. The van der Waals surface area contributed by atoms with Crippen LogP contribution in [0.5, 0.6) is 0 Å². The fourth-order valence-corrected chi connectivity index (χ4v) is 3.83. The van der Waals surface area contributed by atoms with E-state index in [0.29, 0.717) is 12.1 Å². The molecule has 0 heterocycles. The first-order valence-electron chi connectivity index (χ1n) is 12.1. The Hall–Kier alpha value is -4.74. The van der Waals surface area contributed by atoms with Crippen molar-refractivity contribution in [3.05, 3.63) is 102 Å². The van der Waals surface area contributed by atoms with E-state index in [9.17, 15) is 18.8 Å². The number of hydrogen-bond acceptors (Lipinski definition) is 7. The van der Waals surface area contributed by atoms with Crippen molar-refractivity contribution >= 4 is 23.4 Å². The number of nitrogens with zero attached hydrogens (tertiary/aromatic N) is 1. The number of hydrogen-bond donors (Lipinski definition) is 6. The predicted octanol–water partition coefficient (Wildman–Crippen LogP) is 2.66. The lowest BCUT2D eigenvalue weighted by Gasteiger charge is -2.26. The van der Waals surface area contributed by atoms with Gasteiger partial charge in [-0.05, 0) is 59.5 Å². The lowest BCUT2D eigenvalue weighted by molar-refractivity contribution is -0.130. The van der Waals surface area contributed by atoms with Gasteiger partial charge in [0, 0.05) is 30.1 Å². The molecular formula is C28H31FN6O4. The van der Waals surface area contributed by atoms with Crippen molar-refractivity contribution in [2.45, 2.75) is 25.8 Å². The highest BCUT2D eigenvalue weighted by Gasteiger charge is 2.19. The highest BCUT2D eigenvalue weighted by molar-refractivity contribution is 5.94. The van der Waals surface area contributed by atoms with E-state index in [1.165, 1.54) is 42.4 Å². The summed E-state index contributed by atoms with van der Waals surface area (Å²) < 4.78 is 13.1. The number of amides is 3. The number of hydroxylamine groups is 1. The summed E-state index contributed by atoms with van der Waals surface area (Å²) in [6.45, 7) is 1.42. The van der Waals surface area contributed by atoms with Crippen molar-refractivity contribution in [1.82, 2.24) is 15.8 Å². The van der Waals surface area contributed by atoms with Crippen LogP contribution in [0.2, 0.25) is 0 Å². The van der Waals surface area contributed by atoms with Gasteiger partial charge in [0.15, 0.2) is 0 Å². The van der Waals surface area contributed by atoms with Crippen LogP contribution in [0, 0.1) is 5.82 Å². The number of hydrazine groups is 1. The van der Waals surface area contributed by atoms with Crippen LogP contribution in [0.1, 0.15) is 29.3 Å². The Morgan fingerprint density at radius 2 is 1.56 bits per heavy atom. The van der Waals surface area contributed by atoms with Crippen LogP contribution in [-0.4, -0.2) is 40.5 Å². The van der Waals surface area contributed by atoms with E-state index in [0.717, 1.165) is 16.7 Å². The Bertz CT molecular complexity index is 1310. The molecule has 3 aromatic carbocycles. The number of nitrogens with two attached hydrogens (primary N) is 2. The third-order valence-corrected chi connectivity index (χ3v) is 5.81. The first-order chi connectivity index (χ1) is 18.6. The summed E-state index contributed by atoms with van der Waals surface area (Å²) in [6, 6.07) is 19.6. The summed E-state index contributed by atoms with van der Waals surface area (Å²) in [5.41, 5.74) is 11.7. The predicted molar refractivity (Wildman–Crippen MR) is 145 cm³/mol. The van der Waals surface area contributed by atoms with E-state index in [4.69, 9.17) is 16.8 Å². The second kappa shape index (κ2) is 13.7. The zero-order valence-electron chi connectivity index (χ0n) is 21.4. The molecule has 1 unspecified atom stereocenters. The summed E-state index contributed by atoms with van der Waals surface area (Å²) in [5, 5.41) is 15.6. The molecule has 0 fully saturated rings. The second-order valence-corrected chi connectivity index (χ2v) is 8.89. The molecule has 0 aliphatic carbocycles. The van der Waals surface area contributed by atoms with Crippen LogP contribution < -0.4 is 27.7 Å². The fraction of sp³-hybridized carbons (Fsp3) is 0.179. The lowest BCUT2D eigenvalue weighted by atomic mass is 9.99. The van der Waals surface area contributed by atoms with Gasteiger partial charge in [0.2, 0.25) is 11.8 Å². The molecule has 3 aromatic rings. The monoisotopic (exact) mass is 534 g/mol. The molecule has 0 spiro atoms. The average Bonchev–Trinajstić information content (AvgIpc) is 2.92. The van der Waals surface area contributed by atoms with Gasteiger partial charge in [0.05, 0.1) is 19.0 Å². The summed E-state index contributed by atoms with van der Waals surface area (Å²) in [5.74, 6) is 4.56. The molecule has 10 nitrogen and oxygen atoms in total. The molecule has 11 heteroatoms. The molecule has 0 aliphatic heterocycles. The van der Waals surface area contributed by atoms with Gasteiger partial charge in [-0.2, -0.15) is 0 Å². The van der Waals surface area contributed by atoms with Crippen LogP contribution in [0.15, 0.2) is 84.7 Å². The minimum absolute atomic E-state index is 0.0295. The normalized spacial score (nSPS) is 11.8. The topological polar surface area (TPSA) is 163 Å². The first kappa shape index (κ1) is 28.8. The van der Waals surface area contributed by atoms with Crippen molar-refractivity contribution in [1.29, 1.82) is 0 Å². The molecule has 0 aliphatic rings. The highest BCUT2D eigenvalue weighted by Crippen LogP contribution is 2.23. The maximum absolute atomic E-state index is 13.1. The molecule has 8 N–H and O–H groups in total. The van der Waals surface area contributed by atoms with E-state index in [1.54, 1.807) is 5.48 Å². The zero-order valence-corrected chi connectivity index (χ0v) is 21.4. The van der Waals surface area contributed by atoms with Crippen molar-refractivity contribution in [3.8, 4) is 11.1 Å². The molecule has 0 saturated carbocycles. The van der Waals surface area contributed by atoms with E-state index in [-0.39, 0.29) is 30.1 Å². The zero-order chi connectivity index (χ0) is 28.4. The Kier molecular flexibility index (Phi) is 10.1.